The molecule has 27 heavy (non-hydrogen) atoms. The Morgan fingerprint density at radius 2 is 2.44 bits per heavy atom. The van der Waals surface area contributed by atoms with E-state index in [0.29, 0.717) is 24.4 Å². The molecule has 0 unspecified atom stereocenters. The van der Waals surface area contributed by atoms with E-state index in [2.05, 4.69) is 33.6 Å². The molecule has 5 nitrogen and oxygen atoms in total. The van der Waals surface area contributed by atoms with Crippen molar-refractivity contribution in [2.45, 2.75) is 64.2 Å². The first-order valence-corrected chi connectivity index (χ1v) is 11.2. The maximum absolute atomic E-state index is 12.2. The van der Waals surface area contributed by atoms with Crippen molar-refractivity contribution in [1.29, 1.82) is 0 Å². The van der Waals surface area contributed by atoms with Gasteiger partial charge in [-0.25, -0.2) is 4.98 Å². The van der Waals surface area contributed by atoms with Crippen molar-refractivity contribution in [3.8, 4) is 0 Å². The van der Waals surface area contributed by atoms with E-state index in [1.54, 1.807) is 11.3 Å². The van der Waals surface area contributed by atoms with Crippen LogP contribution in [0.1, 0.15) is 49.7 Å². The van der Waals surface area contributed by atoms with Crippen LogP contribution < -0.4 is 5.32 Å². The largest absolute Gasteiger partial charge is 0.370 e. The molecule has 1 spiro atoms. The smallest absolute Gasteiger partial charge is 0.220 e. The number of hydrogen-bond acceptors (Lipinski definition) is 5. The molecular formula is C21H31N3O2S. The lowest BCUT2D eigenvalue weighted by Crippen LogP contribution is -2.41. The first-order chi connectivity index (χ1) is 13.1. The van der Waals surface area contributed by atoms with E-state index in [1.807, 2.05) is 13.0 Å². The molecule has 2 bridgehead atoms. The number of nitrogens with zero attached hydrogens (tertiary/aromatic N) is 2. The number of aromatic nitrogens is 1. The number of rotatable bonds is 8. The predicted molar refractivity (Wildman–Crippen MR) is 108 cm³/mol. The fourth-order valence-corrected chi connectivity index (χ4v) is 5.86. The Kier molecular flexibility index (Phi) is 5.67. The van der Waals surface area contributed by atoms with Gasteiger partial charge in [0.1, 0.15) is 0 Å². The van der Waals surface area contributed by atoms with E-state index in [4.69, 9.17) is 4.74 Å². The summed E-state index contributed by atoms with van der Waals surface area (Å²) in [6.45, 7) is 7.84. The van der Waals surface area contributed by atoms with Gasteiger partial charge in [0.05, 0.1) is 22.4 Å². The highest BCUT2D eigenvalue weighted by atomic mass is 32.1. The lowest BCUT2D eigenvalue weighted by molar-refractivity contribution is -0.121. The maximum Gasteiger partial charge on any atom is 0.220 e. The van der Waals surface area contributed by atoms with E-state index in [-0.39, 0.29) is 11.5 Å². The molecule has 1 aromatic heterocycles. The summed E-state index contributed by atoms with van der Waals surface area (Å²) in [5.41, 5.74) is 1.20. The number of unbranched alkanes of at least 4 members (excludes halogenated alkanes) is 1. The Balaban J connectivity index is 1.30. The first-order valence-electron chi connectivity index (χ1n) is 10.3. The number of thiazole rings is 1. The number of carbonyl (C=O) groups excluding carboxylic acids is 1. The van der Waals surface area contributed by atoms with Gasteiger partial charge in [0, 0.05) is 49.8 Å². The molecule has 0 aromatic carbocycles. The van der Waals surface area contributed by atoms with Crippen LogP contribution in [0.15, 0.2) is 17.5 Å². The molecule has 0 radical (unpaired) electrons. The standard InChI is InChI=1S/C21H31N3O2S/c1-3-4-5-6-7-20(25)22-10-17-18-12-24(11-16-13-27-15(2)23-16)14-21(18)9-8-19(17)26-21/h3-4,13,17-19H,5-12,14H2,1-2H3,(H,22,25)/t17-,18+,19+,21+/m0/s1. The molecule has 4 heterocycles. The van der Waals surface area contributed by atoms with Crippen molar-refractivity contribution < 1.29 is 9.53 Å². The van der Waals surface area contributed by atoms with Gasteiger partial charge in [-0.05, 0) is 39.5 Å². The van der Waals surface area contributed by atoms with Gasteiger partial charge in [-0.3, -0.25) is 9.69 Å². The van der Waals surface area contributed by atoms with E-state index in [0.717, 1.165) is 50.4 Å². The first kappa shape index (κ1) is 19.1. The number of carbonyl (C=O) groups is 1. The van der Waals surface area contributed by atoms with Crippen LogP contribution in [0.3, 0.4) is 0 Å². The molecule has 4 rings (SSSR count). The zero-order valence-corrected chi connectivity index (χ0v) is 17.3. The number of aryl methyl sites for hydroxylation is 1. The number of hydrogen-bond donors (Lipinski definition) is 1. The lowest BCUT2D eigenvalue weighted by atomic mass is 9.73. The molecule has 1 N–H and O–H groups in total. The molecule has 6 heteroatoms. The highest BCUT2D eigenvalue weighted by Gasteiger charge is 2.62. The Hall–Kier alpha value is -1.24. The van der Waals surface area contributed by atoms with Crippen molar-refractivity contribution >= 4 is 17.2 Å². The molecule has 1 aromatic rings. The van der Waals surface area contributed by atoms with Crippen LogP contribution in [0, 0.1) is 18.8 Å². The molecular weight excluding hydrogens is 358 g/mol. The van der Waals surface area contributed by atoms with Crippen LogP contribution in [-0.2, 0) is 16.1 Å². The van der Waals surface area contributed by atoms with E-state index in [1.165, 1.54) is 12.1 Å². The predicted octanol–water partition coefficient (Wildman–Crippen LogP) is 3.29. The monoisotopic (exact) mass is 389 g/mol. The van der Waals surface area contributed by atoms with Crippen molar-refractivity contribution in [3.05, 3.63) is 28.2 Å². The maximum atomic E-state index is 12.2. The molecule has 3 saturated heterocycles. The van der Waals surface area contributed by atoms with Crippen molar-refractivity contribution in [1.82, 2.24) is 15.2 Å². The van der Waals surface area contributed by atoms with Gasteiger partial charge in [0.2, 0.25) is 5.91 Å². The van der Waals surface area contributed by atoms with Crippen molar-refractivity contribution in [2.24, 2.45) is 11.8 Å². The Labute approximate surface area is 166 Å². The van der Waals surface area contributed by atoms with E-state index < -0.39 is 0 Å². The van der Waals surface area contributed by atoms with Gasteiger partial charge in [-0.2, -0.15) is 0 Å². The number of fused-ring (bicyclic) bond motifs is 1. The van der Waals surface area contributed by atoms with Crippen molar-refractivity contribution in [3.63, 3.8) is 0 Å². The topological polar surface area (TPSA) is 54.5 Å². The summed E-state index contributed by atoms with van der Waals surface area (Å²) in [4.78, 5) is 19.3. The summed E-state index contributed by atoms with van der Waals surface area (Å²) in [6, 6.07) is 0. The second-order valence-electron chi connectivity index (χ2n) is 8.32. The van der Waals surface area contributed by atoms with Crippen LogP contribution >= 0.6 is 11.3 Å². The fourth-order valence-electron chi connectivity index (χ4n) is 5.26. The second kappa shape index (κ2) is 8.02. The molecule has 0 saturated carbocycles. The zero-order chi connectivity index (χ0) is 18.9. The molecule has 3 aliphatic rings. The van der Waals surface area contributed by atoms with Gasteiger partial charge >= 0.3 is 0 Å². The summed E-state index contributed by atoms with van der Waals surface area (Å²) in [5, 5.41) is 6.50. The number of allylic oxidation sites excluding steroid dienone is 2. The molecule has 1 amide bonds. The number of amides is 1. The molecule has 3 aliphatic heterocycles. The van der Waals surface area contributed by atoms with E-state index in [9.17, 15) is 4.79 Å². The molecule has 0 aliphatic carbocycles. The normalized spacial score (nSPS) is 32.4. The third-order valence-corrected chi connectivity index (χ3v) is 7.27. The zero-order valence-electron chi connectivity index (χ0n) is 16.4. The number of ether oxygens (including phenoxy) is 1. The lowest BCUT2D eigenvalue weighted by Gasteiger charge is -2.29. The molecule has 148 valence electrons. The van der Waals surface area contributed by atoms with Gasteiger partial charge in [-0.15, -0.1) is 11.3 Å². The summed E-state index contributed by atoms with van der Waals surface area (Å²) >= 11 is 1.72. The molecule has 3 fully saturated rings. The fraction of sp³-hybridized carbons (Fsp3) is 0.714. The second-order valence-corrected chi connectivity index (χ2v) is 9.39. The highest BCUT2D eigenvalue weighted by Crippen LogP contribution is 2.54. The number of likely N-dealkylation sites (tertiary alicyclic amines) is 1. The highest BCUT2D eigenvalue weighted by molar-refractivity contribution is 7.09. The van der Waals surface area contributed by atoms with Crippen LogP contribution in [0.25, 0.3) is 0 Å². The van der Waals surface area contributed by atoms with Gasteiger partial charge in [0.25, 0.3) is 0 Å². The van der Waals surface area contributed by atoms with Gasteiger partial charge in [-0.1, -0.05) is 12.2 Å². The quantitative estimate of drug-likeness (QED) is 0.548. The minimum Gasteiger partial charge on any atom is -0.370 e. The third kappa shape index (κ3) is 3.98. The van der Waals surface area contributed by atoms with Crippen LogP contribution in [0.5, 0.6) is 0 Å². The Morgan fingerprint density at radius 3 is 3.22 bits per heavy atom. The van der Waals surface area contributed by atoms with Crippen LogP contribution in [0.2, 0.25) is 0 Å². The summed E-state index contributed by atoms with van der Waals surface area (Å²) < 4.78 is 6.50. The average Bonchev–Trinajstić information content (AvgIpc) is 3.38. The van der Waals surface area contributed by atoms with Crippen molar-refractivity contribution in [2.75, 3.05) is 19.6 Å². The number of nitrogens with one attached hydrogen (secondary N) is 1. The minimum atomic E-state index is 0.0248. The Morgan fingerprint density at radius 1 is 1.56 bits per heavy atom. The van der Waals surface area contributed by atoms with Crippen LogP contribution in [-0.4, -0.2) is 47.1 Å². The third-order valence-electron chi connectivity index (χ3n) is 6.45. The summed E-state index contributed by atoms with van der Waals surface area (Å²) in [7, 11) is 0. The Bertz CT molecular complexity index is 703. The van der Waals surface area contributed by atoms with Crippen LogP contribution in [0.4, 0.5) is 0 Å². The van der Waals surface area contributed by atoms with E-state index >= 15 is 0 Å². The summed E-state index contributed by atoms with van der Waals surface area (Å²) in [5.74, 6) is 1.18. The minimum absolute atomic E-state index is 0.0248. The molecule has 4 atom stereocenters. The average molecular weight is 390 g/mol. The van der Waals surface area contributed by atoms with Gasteiger partial charge < -0.3 is 10.1 Å². The van der Waals surface area contributed by atoms with Gasteiger partial charge in [0.15, 0.2) is 0 Å². The SMILES string of the molecule is CC=CCCCC(=O)NC[C@H]1[C@H]2CN(Cc3csc(C)n3)C[C@]23CC[C@H]1O3. The summed E-state index contributed by atoms with van der Waals surface area (Å²) in [6.07, 6.45) is 9.34.